The van der Waals surface area contributed by atoms with Gasteiger partial charge >= 0.3 is 6.09 Å². The molecule has 8 nitrogen and oxygen atoms in total. The Hall–Kier alpha value is -3.33. The van der Waals surface area contributed by atoms with Crippen LogP contribution in [0.15, 0.2) is 64.9 Å². The van der Waals surface area contributed by atoms with Gasteiger partial charge in [-0.25, -0.2) is 4.79 Å². The lowest BCUT2D eigenvalue weighted by molar-refractivity contribution is 0.0500. The Balaban J connectivity index is 1.68. The number of carbonyl (C=O) groups is 1. The number of nitrogens with zero attached hydrogens (tertiary/aromatic N) is 4. The summed E-state index contributed by atoms with van der Waals surface area (Å²) in [6, 6.07) is 17.2. The number of methoxy groups -OCH3 is 1. The van der Waals surface area contributed by atoms with E-state index < -0.39 is 17.7 Å². The first-order valence-electron chi connectivity index (χ1n) is 10.7. The first kappa shape index (κ1) is 22.8. The molecule has 2 heterocycles. The number of thioether (sulfide) groups is 1. The van der Waals surface area contributed by atoms with Crippen molar-refractivity contribution in [2.24, 2.45) is 5.10 Å². The number of ether oxygens (including phenoxy) is 2. The number of fused-ring (bicyclic) bond motifs is 1. The van der Waals surface area contributed by atoms with Gasteiger partial charge in [-0.15, -0.1) is 10.2 Å². The van der Waals surface area contributed by atoms with E-state index in [-0.39, 0.29) is 0 Å². The molecule has 1 N–H and O–H groups in total. The third-order valence-corrected chi connectivity index (χ3v) is 5.81. The fourth-order valence-electron chi connectivity index (χ4n) is 3.41. The highest BCUT2D eigenvalue weighted by molar-refractivity contribution is 7.99. The molecule has 1 atom stereocenters. The van der Waals surface area contributed by atoms with Gasteiger partial charge in [0.15, 0.2) is 5.82 Å². The van der Waals surface area contributed by atoms with Crippen LogP contribution in [0.1, 0.15) is 43.8 Å². The molecular weight excluding hydrogens is 438 g/mol. The van der Waals surface area contributed by atoms with Crippen molar-refractivity contribution < 1.29 is 14.3 Å². The van der Waals surface area contributed by atoms with E-state index in [2.05, 4.69) is 15.5 Å². The van der Waals surface area contributed by atoms with Gasteiger partial charge in [-0.1, -0.05) is 54.2 Å². The van der Waals surface area contributed by atoms with Crippen molar-refractivity contribution in [2.75, 3.05) is 12.9 Å². The van der Waals surface area contributed by atoms with Crippen LogP contribution in [0.4, 0.5) is 4.79 Å². The molecule has 1 aromatic heterocycles. The zero-order chi connectivity index (χ0) is 23.4. The molecule has 0 aliphatic carbocycles. The molecule has 33 heavy (non-hydrogen) atoms. The summed E-state index contributed by atoms with van der Waals surface area (Å²) >= 11 is 1.55. The molecule has 1 aliphatic heterocycles. The summed E-state index contributed by atoms with van der Waals surface area (Å²) in [6.07, 6.45) is 0.00799. The van der Waals surface area contributed by atoms with Crippen molar-refractivity contribution >= 4 is 23.6 Å². The van der Waals surface area contributed by atoms with E-state index in [9.17, 15) is 4.79 Å². The normalized spacial score (nSPS) is 14.1. The van der Waals surface area contributed by atoms with Gasteiger partial charge in [0.25, 0.3) is 0 Å². The average molecular weight is 466 g/mol. The molecule has 2 aromatic carbocycles. The number of benzene rings is 2. The predicted octanol–water partition coefficient (Wildman–Crippen LogP) is 4.45. The topological polar surface area (TPSA) is 90.6 Å². The Labute approximate surface area is 197 Å². The lowest BCUT2D eigenvalue weighted by Gasteiger charge is -2.24. The highest BCUT2D eigenvalue weighted by Crippen LogP contribution is 2.28. The van der Waals surface area contributed by atoms with Gasteiger partial charge in [0.2, 0.25) is 5.16 Å². The lowest BCUT2D eigenvalue weighted by atomic mass is 10.1. The fraction of sp³-hybridized carbons (Fsp3) is 0.333. The summed E-state index contributed by atoms with van der Waals surface area (Å²) in [7, 11) is 1.64. The van der Waals surface area contributed by atoms with Crippen LogP contribution >= 0.6 is 11.8 Å². The molecule has 0 radical (unpaired) electrons. The lowest BCUT2D eigenvalue weighted by Crippen LogP contribution is -2.37. The molecule has 0 fully saturated rings. The summed E-state index contributed by atoms with van der Waals surface area (Å²) < 4.78 is 12.6. The monoisotopic (exact) mass is 465 g/mol. The van der Waals surface area contributed by atoms with Crippen LogP contribution in [0.2, 0.25) is 0 Å². The van der Waals surface area contributed by atoms with Gasteiger partial charge in [-0.2, -0.15) is 9.78 Å². The first-order valence-corrected chi connectivity index (χ1v) is 11.6. The van der Waals surface area contributed by atoms with Crippen LogP contribution in [0.25, 0.3) is 0 Å². The molecule has 0 saturated carbocycles. The molecular formula is C24H27N5O3S. The summed E-state index contributed by atoms with van der Waals surface area (Å²) in [5.74, 6) is 1.98. The molecule has 3 aromatic rings. The standard InChI is InChI=1S/C24H27N5O3S/c1-24(2,3)32-23(30)25-19(13-16-9-6-5-7-10-16)21-26-27-22-29(21)28-20(15-33-22)17-11-8-12-18(14-17)31-4/h5-12,14,19H,13,15H2,1-4H3,(H,25,30). The van der Waals surface area contributed by atoms with E-state index in [0.29, 0.717) is 23.2 Å². The van der Waals surface area contributed by atoms with Crippen LogP contribution in [0.5, 0.6) is 5.75 Å². The second kappa shape index (κ2) is 9.66. The Bertz CT molecular complexity index is 1150. The number of aromatic nitrogens is 3. The maximum Gasteiger partial charge on any atom is 0.408 e. The van der Waals surface area contributed by atoms with Gasteiger partial charge in [-0.05, 0) is 38.5 Å². The predicted molar refractivity (Wildman–Crippen MR) is 128 cm³/mol. The molecule has 1 aliphatic rings. The minimum atomic E-state index is -0.612. The zero-order valence-electron chi connectivity index (χ0n) is 19.1. The van der Waals surface area contributed by atoms with E-state index in [1.165, 1.54) is 0 Å². The van der Waals surface area contributed by atoms with Crippen LogP contribution in [0.3, 0.4) is 0 Å². The second-order valence-corrected chi connectivity index (χ2v) is 9.55. The number of alkyl carbamates (subject to hydrolysis) is 1. The second-order valence-electron chi connectivity index (χ2n) is 8.61. The van der Waals surface area contributed by atoms with Crippen molar-refractivity contribution in [1.82, 2.24) is 20.2 Å². The van der Waals surface area contributed by atoms with Crippen molar-refractivity contribution in [3.63, 3.8) is 0 Å². The zero-order valence-corrected chi connectivity index (χ0v) is 19.9. The Morgan fingerprint density at radius 2 is 1.94 bits per heavy atom. The van der Waals surface area contributed by atoms with Gasteiger partial charge in [0.1, 0.15) is 11.4 Å². The van der Waals surface area contributed by atoms with Crippen LogP contribution in [0, 0.1) is 0 Å². The molecule has 1 unspecified atom stereocenters. The summed E-state index contributed by atoms with van der Waals surface area (Å²) in [4.78, 5) is 12.6. The fourth-order valence-corrected chi connectivity index (χ4v) is 4.26. The maximum atomic E-state index is 12.6. The summed E-state index contributed by atoms with van der Waals surface area (Å²) in [5, 5.41) is 17.2. The number of carbonyl (C=O) groups excluding carboxylic acids is 1. The number of amides is 1. The van der Waals surface area contributed by atoms with Gasteiger partial charge in [0, 0.05) is 17.7 Å². The third-order valence-electron chi connectivity index (χ3n) is 4.88. The molecule has 1 amide bonds. The van der Waals surface area contributed by atoms with E-state index >= 15 is 0 Å². The first-order chi connectivity index (χ1) is 15.8. The highest BCUT2D eigenvalue weighted by atomic mass is 32.2. The van der Waals surface area contributed by atoms with Crippen LogP contribution in [-0.2, 0) is 11.2 Å². The van der Waals surface area contributed by atoms with Crippen molar-refractivity contribution in [3.8, 4) is 5.75 Å². The van der Waals surface area contributed by atoms with Gasteiger partial charge in [0.05, 0.1) is 18.9 Å². The highest BCUT2D eigenvalue weighted by Gasteiger charge is 2.28. The molecule has 172 valence electrons. The molecule has 0 bridgehead atoms. The maximum absolute atomic E-state index is 12.6. The molecule has 9 heteroatoms. The van der Waals surface area contributed by atoms with Crippen LogP contribution < -0.4 is 10.1 Å². The summed E-state index contributed by atoms with van der Waals surface area (Å²) in [5.41, 5.74) is 2.28. The van der Waals surface area contributed by atoms with Gasteiger partial charge < -0.3 is 14.8 Å². The van der Waals surface area contributed by atoms with Crippen LogP contribution in [-0.4, -0.2) is 45.1 Å². The Morgan fingerprint density at radius 3 is 2.67 bits per heavy atom. The van der Waals surface area contributed by atoms with Crippen molar-refractivity contribution in [3.05, 3.63) is 71.5 Å². The minimum Gasteiger partial charge on any atom is -0.497 e. The Kier molecular flexibility index (Phi) is 6.69. The van der Waals surface area contributed by atoms with E-state index in [4.69, 9.17) is 14.6 Å². The largest absolute Gasteiger partial charge is 0.497 e. The smallest absolute Gasteiger partial charge is 0.408 e. The van der Waals surface area contributed by atoms with Crippen molar-refractivity contribution in [2.45, 2.75) is 44.0 Å². The number of hydrogen-bond donors (Lipinski definition) is 1. The number of hydrogen-bond acceptors (Lipinski definition) is 7. The molecule has 0 spiro atoms. The molecule has 0 saturated heterocycles. The Morgan fingerprint density at radius 1 is 1.15 bits per heavy atom. The van der Waals surface area contributed by atoms with Gasteiger partial charge in [-0.3, -0.25) is 0 Å². The van der Waals surface area contributed by atoms with E-state index in [1.807, 2.05) is 75.4 Å². The number of nitrogens with one attached hydrogen (secondary N) is 1. The summed E-state index contributed by atoms with van der Waals surface area (Å²) in [6.45, 7) is 5.50. The van der Waals surface area contributed by atoms with E-state index in [0.717, 1.165) is 22.6 Å². The molecule has 4 rings (SSSR count). The quantitative estimate of drug-likeness (QED) is 0.578. The third kappa shape index (κ3) is 5.73. The van der Waals surface area contributed by atoms with E-state index in [1.54, 1.807) is 23.5 Å². The number of rotatable bonds is 6. The minimum absolute atomic E-state index is 0.475. The van der Waals surface area contributed by atoms with Crippen molar-refractivity contribution in [1.29, 1.82) is 0 Å². The SMILES string of the molecule is COc1cccc(C2=Nn3c(nnc3C(Cc3ccccc3)NC(=O)OC(C)(C)C)SC2)c1. The average Bonchev–Trinajstić information content (AvgIpc) is 3.21.